The van der Waals surface area contributed by atoms with Gasteiger partial charge in [0.1, 0.15) is 0 Å². The first-order chi connectivity index (χ1) is 8.84. The summed E-state index contributed by atoms with van der Waals surface area (Å²) in [5.74, 6) is 0. The van der Waals surface area contributed by atoms with E-state index in [9.17, 15) is 0 Å². The Morgan fingerprint density at radius 3 is 2.94 bits per heavy atom. The van der Waals surface area contributed by atoms with Crippen LogP contribution in [0.2, 0.25) is 0 Å². The maximum Gasteiger partial charge on any atom is 0.186 e. The normalized spacial score (nSPS) is 20.1. The van der Waals surface area contributed by atoms with E-state index >= 15 is 0 Å². The molecule has 0 aliphatic carbocycles. The van der Waals surface area contributed by atoms with E-state index in [2.05, 4.69) is 41.1 Å². The van der Waals surface area contributed by atoms with Gasteiger partial charge in [0.2, 0.25) is 0 Å². The van der Waals surface area contributed by atoms with E-state index in [0.717, 1.165) is 24.9 Å². The van der Waals surface area contributed by atoms with E-state index in [0.29, 0.717) is 6.04 Å². The molecule has 2 aromatic rings. The Balaban J connectivity index is 1.85. The first-order valence-corrected chi connectivity index (χ1v) is 7.02. The molecule has 1 aliphatic heterocycles. The minimum Gasteiger partial charge on any atom is -0.377 e. The molecule has 3 rings (SSSR count). The number of nitrogens with zero attached hydrogens (tertiary/aromatic N) is 2. The minimum absolute atomic E-state index is 0.411. The van der Waals surface area contributed by atoms with Gasteiger partial charge in [-0.1, -0.05) is 41.7 Å². The maximum absolute atomic E-state index is 5.46. The van der Waals surface area contributed by atoms with Crippen molar-refractivity contribution in [3.8, 4) is 10.4 Å². The third-order valence-corrected chi connectivity index (χ3v) is 4.25. The van der Waals surface area contributed by atoms with Crippen molar-refractivity contribution in [1.29, 1.82) is 0 Å². The first kappa shape index (κ1) is 11.7. The minimum atomic E-state index is 0.411. The fraction of sp³-hybridized carbons (Fsp3) is 0.357. The molecule has 1 fully saturated rings. The summed E-state index contributed by atoms with van der Waals surface area (Å²) in [5, 5.41) is 1.10. The van der Waals surface area contributed by atoms with Crippen LogP contribution >= 0.6 is 11.3 Å². The molecule has 0 N–H and O–H groups in total. The zero-order valence-electron chi connectivity index (χ0n) is 10.4. The molecule has 18 heavy (non-hydrogen) atoms. The number of hydrogen-bond donors (Lipinski definition) is 0. The van der Waals surface area contributed by atoms with Crippen LogP contribution in [-0.4, -0.2) is 30.8 Å². The summed E-state index contributed by atoms with van der Waals surface area (Å²) in [6.45, 7) is 4.70. The molecule has 0 saturated carbocycles. The van der Waals surface area contributed by atoms with Crippen LogP contribution in [0.3, 0.4) is 0 Å². The molecule has 0 radical (unpaired) electrons. The quantitative estimate of drug-likeness (QED) is 0.830. The molecule has 94 valence electrons. The predicted octanol–water partition coefficient (Wildman–Crippen LogP) is 3.04. The molecule has 0 spiro atoms. The summed E-state index contributed by atoms with van der Waals surface area (Å²) in [6.07, 6.45) is 1.97. The highest BCUT2D eigenvalue weighted by atomic mass is 32.1. The zero-order chi connectivity index (χ0) is 12.4. The lowest BCUT2D eigenvalue weighted by molar-refractivity contribution is 0.0989. The molecule has 0 unspecified atom stereocenters. The van der Waals surface area contributed by atoms with Gasteiger partial charge in [-0.2, -0.15) is 0 Å². The van der Waals surface area contributed by atoms with E-state index in [-0.39, 0.29) is 0 Å². The van der Waals surface area contributed by atoms with Gasteiger partial charge in [-0.05, 0) is 12.5 Å². The molecule has 2 heterocycles. The van der Waals surface area contributed by atoms with Crippen LogP contribution in [-0.2, 0) is 4.74 Å². The Bertz CT molecular complexity index is 512. The molecule has 4 heteroatoms. The Labute approximate surface area is 111 Å². The van der Waals surface area contributed by atoms with Crippen LogP contribution in [0.25, 0.3) is 10.4 Å². The third kappa shape index (κ3) is 2.26. The molecule has 1 aliphatic rings. The fourth-order valence-electron chi connectivity index (χ4n) is 2.14. The van der Waals surface area contributed by atoms with Crippen LogP contribution in [0.15, 0.2) is 36.5 Å². The largest absolute Gasteiger partial charge is 0.377 e. The maximum atomic E-state index is 5.46. The summed E-state index contributed by atoms with van der Waals surface area (Å²) in [4.78, 5) is 8.12. The lowest BCUT2D eigenvalue weighted by Crippen LogP contribution is -2.43. The smallest absolute Gasteiger partial charge is 0.186 e. The fourth-order valence-corrected chi connectivity index (χ4v) is 3.19. The number of benzene rings is 1. The topological polar surface area (TPSA) is 25.4 Å². The number of rotatable bonds is 2. The van der Waals surface area contributed by atoms with Crippen molar-refractivity contribution in [3.63, 3.8) is 0 Å². The molecule has 1 saturated heterocycles. The third-order valence-electron chi connectivity index (χ3n) is 3.17. The highest BCUT2D eigenvalue weighted by molar-refractivity contribution is 7.18. The Morgan fingerprint density at radius 1 is 1.33 bits per heavy atom. The van der Waals surface area contributed by atoms with Crippen LogP contribution < -0.4 is 4.90 Å². The predicted molar refractivity (Wildman–Crippen MR) is 75.2 cm³/mol. The Kier molecular flexibility index (Phi) is 3.30. The van der Waals surface area contributed by atoms with Gasteiger partial charge in [0.15, 0.2) is 5.13 Å². The zero-order valence-corrected chi connectivity index (χ0v) is 11.2. The van der Waals surface area contributed by atoms with Gasteiger partial charge in [-0.15, -0.1) is 0 Å². The van der Waals surface area contributed by atoms with E-state index < -0.39 is 0 Å². The standard InChI is InChI=1S/C14H16N2OS/c1-11-10-17-8-7-16(11)14-15-9-13(18-14)12-5-3-2-4-6-12/h2-6,9,11H,7-8,10H2,1H3/t11-/m1/s1. The summed E-state index contributed by atoms with van der Waals surface area (Å²) < 4.78 is 5.46. The summed E-state index contributed by atoms with van der Waals surface area (Å²) in [5.41, 5.74) is 1.24. The van der Waals surface area contributed by atoms with Crippen molar-refractivity contribution >= 4 is 16.5 Å². The number of aromatic nitrogens is 1. The van der Waals surface area contributed by atoms with Gasteiger partial charge in [-0.3, -0.25) is 0 Å². The van der Waals surface area contributed by atoms with Crippen molar-refractivity contribution in [2.45, 2.75) is 13.0 Å². The molecule has 1 aromatic heterocycles. The average Bonchev–Trinajstić information content (AvgIpc) is 2.90. The number of thiazole rings is 1. The lowest BCUT2D eigenvalue weighted by Gasteiger charge is -2.32. The molecule has 1 atom stereocenters. The Morgan fingerprint density at radius 2 is 2.17 bits per heavy atom. The molecule has 1 aromatic carbocycles. The van der Waals surface area contributed by atoms with Gasteiger partial charge < -0.3 is 9.64 Å². The highest BCUT2D eigenvalue weighted by Crippen LogP contribution is 2.32. The van der Waals surface area contributed by atoms with Crippen LogP contribution in [0.5, 0.6) is 0 Å². The lowest BCUT2D eigenvalue weighted by atomic mass is 10.2. The first-order valence-electron chi connectivity index (χ1n) is 6.20. The second-order valence-electron chi connectivity index (χ2n) is 4.49. The van der Waals surface area contributed by atoms with Gasteiger partial charge in [0.25, 0.3) is 0 Å². The highest BCUT2D eigenvalue weighted by Gasteiger charge is 2.21. The average molecular weight is 260 g/mol. The molecule has 0 amide bonds. The number of hydrogen-bond acceptors (Lipinski definition) is 4. The van der Waals surface area contributed by atoms with E-state index in [1.54, 1.807) is 11.3 Å². The number of anilines is 1. The second-order valence-corrected chi connectivity index (χ2v) is 5.50. The van der Waals surface area contributed by atoms with Crippen LogP contribution in [0.4, 0.5) is 5.13 Å². The van der Waals surface area contributed by atoms with E-state index in [4.69, 9.17) is 4.74 Å². The van der Waals surface area contributed by atoms with Gasteiger partial charge in [0.05, 0.1) is 24.1 Å². The SMILES string of the molecule is C[C@@H]1COCCN1c1ncc(-c2ccccc2)s1. The Hall–Kier alpha value is -1.39. The molecular weight excluding hydrogens is 244 g/mol. The van der Waals surface area contributed by atoms with E-state index in [1.165, 1.54) is 10.4 Å². The molecular formula is C14H16N2OS. The van der Waals surface area contributed by atoms with Crippen molar-refractivity contribution < 1.29 is 4.74 Å². The summed E-state index contributed by atoms with van der Waals surface area (Å²) in [6, 6.07) is 10.8. The molecule has 3 nitrogen and oxygen atoms in total. The summed E-state index contributed by atoms with van der Waals surface area (Å²) in [7, 11) is 0. The monoisotopic (exact) mass is 260 g/mol. The van der Waals surface area contributed by atoms with Crippen molar-refractivity contribution in [2.75, 3.05) is 24.7 Å². The number of morpholine rings is 1. The van der Waals surface area contributed by atoms with Crippen LogP contribution in [0.1, 0.15) is 6.92 Å². The van der Waals surface area contributed by atoms with Crippen LogP contribution in [0, 0.1) is 0 Å². The van der Waals surface area contributed by atoms with Gasteiger partial charge in [-0.25, -0.2) is 4.98 Å². The second kappa shape index (κ2) is 5.08. The van der Waals surface area contributed by atoms with E-state index in [1.807, 2.05) is 12.3 Å². The summed E-state index contributed by atoms with van der Waals surface area (Å²) >= 11 is 1.76. The van der Waals surface area contributed by atoms with Crippen molar-refractivity contribution in [2.24, 2.45) is 0 Å². The van der Waals surface area contributed by atoms with Crippen molar-refractivity contribution in [1.82, 2.24) is 4.98 Å². The van der Waals surface area contributed by atoms with Crippen molar-refractivity contribution in [3.05, 3.63) is 36.5 Å². The van der Waals surface area contributed by atoms with Gasteiger partial charge in [0, 0.05) is 12.7 Å². The number of ether oxygens (including phenoxy) is 1. The molecule has 0 bridgehead atoms. The van der Waals surface area contributed by atoms with Gasteiger partial charge >= 0.3 is 0 Å².